The Labute approximate surface area is 115 Å². The molecule has 3 heteroatoms. The second-order valence-corrected chi connectivity index (χ2v) is 5.59. The van der Waals surface area contributed by atoms with E-state index in [4.69, 9.17) is 4.74 Å². The Balaban J connectivity index is 1.88. The van der Waals surface area contributed by atoms with E-state index >= 15 is 0 Å². The maximum Gasteiger partial charge on any atom is 0.320 e. The summed E-state index contributed by atoms with van der Waals surface area (Å²) in [4.78, 5) is 11.8. The van der Waals surface area contributed by atoms with Crippen LogP contribution in [0.25, 0.3) is 0 Å². The zero-order valence-electron chi connectivity index (χ0n) is 11.8. The third-order valence-corrected chi connectivity index (χ3v) is 3.41. The molecule has 104 valence electrons. The number of hydrogen-bond acceptors (Lipinski definition) is 3. The van der Waals surface area contributed by atoms with E-state index in [2.05, 4.69) is 31.3 Å². The second-order valence-electron chi connectivity index (χ2n) is 5.59. The molecule has 1 N–H and O–H groups in total. The fourth-order valence-corrected chi connectivity index (χ4v) is 2.50. The average Bonchev–Trinajstić information content (AvgIpc) is 2.39. The highest BCUT2D eigenvalue weighted by Crippen LogP contribution is 2.32. The molecule has 0 radical (unpaired) electrons. The summed E-state index contributed by atoms with van der Waals surface area (Å²) in [5.74, 6) is 0.394. The number of esters is 1. The van der Waals surface area contributed by atoms with E-state index in [9.17, 15) is 4.79 Å². The van der Waals surface area contributed by atoms with Crippen LogP contribution in [0.1, 0.15) is 43.9 Å². The van der Waals surface area contributed by atoms with Crippen LogP contribution in [0.4, 0.5) is 0 Å². The molecular weight excluding hydrogens is 238 g/mol. The highest BCUT2D eigenvalue weighted by atomic mass is 16.5. The molecule has 1 aromatic rings. The van der Waals surface area contributed by atoms with Gasteiger partial charge in [0.15, 0.2) is 0 Å². The summed E-state index contributed by atoms with van der Waals surface area (Å²) in [5, 5.41) is 3.12. The smallest absolute Gasteiger partial charge is 0.320 e. The van der Waals surface area contributed by atoms with Crippen molar-refractivity contribution >= 4 is 5.97 Å². The van der Waals surface area contributed by atoms with Crippen molar-refractivity contribution in [3.05, 3.63) is 35.4 Å². The van der Waals surface area contributed by atoms with Crippen LogP contribution in [0, 0.1) is 5.92 Å². The molecule has 1 aromatic carbocycles. The second kappa shape index (κ2) is 6.71. The van der Waals surface area contributed by atoms with Crippen LogP contribution in [0.2, 0.25) is 0 Å². The topological polar surface area (TPSA) is 38.3 Å². The molecule has 0 fully saturated rings. The number of benzene rings is 1. The predicted octanol–water partition coefficient (Wildman–Crippen LogP) is 2.85. The van der Waals surface area contributed by atoms with Gasteiger partial charge in [-0.1, -0.05) is 38.1 Å². The SMILES string of the molecule is CC(C)CNCC(=O)OC1CCCc2ccccc21. The number of ether oxygens (including phenoxy) is 1. The molecule has 0 bridgehead atoms. The van der Waals surface area contributed by atoms with E-state index in [0.717, 1.165) is 25.8 Å². The van der Waals surface area contributed by atoms with Gasteiger partial charge in [-0.25, -0.2) is 0 Å². The first-order chi connectivity index (χ1) is 9.16. The van der Waals surface area contributed by atoms with E-state index in [0.29, 0.717) is 12.5 Å². The van der Waals surface area contributed by atoms with Gasteiger partial charge in [-0.05, 0) is 42.9 Å². The van der Waals surface area contributed by atoms with Crippen LogP contribution in [0.15, 0.2) is 24.3 Å². The summed E-state index contributed by atoms with van der Waals surface area (Å²) < 4.78 is 5.60. The van der Waals surface area contributed by atoms with Gasteiger partial charge in [0.2, 0.25) is 0 Å². The normalized spacial score (nSPS) is 18.2. The quantitative estimate of drug-likeness (QED) is 0.828. The summed E-state index contributed by atoms with van der Waals surface area (Å²) >= 11 is 0. The lowest BCUT2D eigenvalue weighted by molar-refractivity contribution is -0.149. The summed E-state index contributed by atoms with van der Waals surface area (Å²) in [7, 11) is 0. The van der Waals surface area contributed by atoms with Gasteiger partial charge in [-0.2, -0.15) is 0 Å². The lowest BCUT2D eigenvalue weighted by Gasteiger charge is -2.25. The van der Waals surface area contributed by atoms with Gasteiger partial charge >= 0.3 is 5.97 Å². The third-order valence-electron chi connectivity index (χ3n) is 3.41. The Kier molecular flexibility index (Phi) is 4.97. The molecule has 3 nitrogen and oxygen atoms in total. The highest BCUT2D eigenvalue weighted by molar-refractivity contribution is 5.72. The molecule has 2 rings (SSSR count). The third kappa shape index (κ3) is 4.06. The highest BCUT2D eigenvalue weighted by Gasteiger charge is 2.22. The Morgan fingerprint density at radius 2 is 2.21 bits per heavy atom. The predicted molar refractivity (Wildman–Crippen MR) is 75.9 cm³/mol. The molecule has 0 saturated carbocycles. The van der Waals surface area contributed by atoms with Gasteiger partial charge in [0.25, 0.3) is 0 Å². The maximum atomic E-state index is 11.8. The number of fused-ring (bicyclic) bond motifs is 1. The maximum absolute atomic E-state index is 11.8. The summed E-state index contributed by atoms with van der Waals surface area (Å²) in [6.07, 6.45) is 3.07. The Morgan fingerprint density at radius 3 is 3.00 bits per heavy atom. The number of rotatable bonds is 5. The number of nitrogens with one attached hydrogen (secondary N) is 1. The number of aryl methyl sites for hydroxylation is 1. The van der Waals surface area contributed by atoms with Crippen LogP contribution < -0.4 is 5.32 Å². The molecule has 1 unspecified atom stereocenters. The van der Waals surface area contributed by atoms with Crippen LogP contribution in [-0.2, 0) is 16.0 Å². The minimum Gasteiger partial charge on any atom is -0.457 e. The zero-order valence-corrected chi connectivity index (χ0v) is 11.8. The van der Waals surface area contributed by atoms with Crippen molar-refractivity contribution in [2.45, 2.75) is 39.2 Å². The van der Waals surface area contributed by atoms with Crippen molar-refractivity contribution in [2.24, 2.45) is 5.92 Å². The Hall–Kier alpha value is -1.35. The van der Waals surface area contributed by atoms with Crippen molar-refractivity contribution in [3.8, 4) is 0 Å². The minimum absolute atomic E-state index is 0.0571. The molecule has 0 saturated heterocycles. The standard InChI is InChI=1S/C16H23NO2/c1-12(2)10-17-11-16(18)19-15-9-5-7-13-6-3-4-8-14(13)15/h3-4,6,8,12,15,17H,5,7,9-11H2,1-2H3. The Morgan fingerprint density at radius 1 is 1.42 bits per heavy atom. The van der Waals surface area contributed by atoms with Crippen molar-refractivity contribution in [3.63, 3.8) is 0 Å². The fraction of sp³-hybridized carbons (Fsp3) is 0.562. The molecule has 19 heavy (non-hydrogen) atoms. The van der Waals surface area contributed by atoms with Crippen LogP contribution in [0.5, 0.6) is 0 Å². The molecule has 1 aliphatic rings. The van der Waals surface area contributed by atoms with Crippen molar-refractivity contribution in [2.75, 3.05) is 13.1 Å². The lowest BCUT2D eigenvalue weighted by atomic mass is 9.89. The first-order valence-electron chi connectivity index (χ1n) is 7.15. The molecule has 0 aromatic heterocycles. The van der Waals surface area contributed by atoms with Crippen molar-refractivity contribution in [1.82, 2.24) is 5.32 Å². The van der Waals surface area contributed by atoms with E-state index < -0.39 is 0 Å². The number of carbonyl (C=O) groups excluding carboxylic acids is 1. The van der Waals surface area contributed by atoms with Gasteiger partial charge in [0, 0.05) is 0 Å². The van der Waals surface area contributed by atoms with Crippen LogP contribution >= 0.6 is 0 Å². The number of hydrogen-bond donors (Lipinski definition) is 1. The van der Waals surface area contributed by atoms with E-state index in [-0.39, 0.29) is 12.1 Å². The molecule has 0 aliphatic heterocycles. The van der Waals surface area contributed by atoms with Gasteiger partial charge in [-0.3, -0.25) is 4.79 Å². The number of carbonyl (C=O) groups is 1. The average molecular weight is 261 g/mol. The summed E-state index contributed by atoms with van der Waals surface area (Å²) in [5.41, 5.74) is 2.51. The van der Waals surface area contributed by atoms with Crippen LogP contribution in [-0.4, -0.2) is 19.1 Å². The van der Waals surface area contributed by atoms with E-state index in [1.54, 1.807) is 0 Å². The molecule has 1 aliphatic carbocycles. The molecule has 0 amide bonds. The van der Waals surface area contributed by atoms with Gasteiger partial charge in [0.05, 0.1) is 6.54 Å². The molecular formula is C16H23NO2. The molecule has 1 atom stereocenters. The fourth-order valence-electron chi connectivity index (χ4n) is 2.50. The minimum atomic E-state index is -0.151. The molecule has 0 heterocycles. The van der Waals surface area contributed by atoms with Gasteiger partial charge < -0.3 is 10.1 Å². The first-order valence-corrected chi connectivity index (χ1v) is 7.15. The van der Waals surface area contributed by atoms with Crippen molar-refractivity contribution < 1.29 is 9.53 Å². The monoisotopic (exact) mass is 261 g/mol. The Bertz CT molecular complexity index is 429. The van der Waals surface area contributed by atoms with E-state index in [1.165, 1.54) is 11.1 Å². The lowest BCUT2D eigenvalue weighted by Crippen LogP contribution is -2.29. The first kappa shape index (κ1) is 14.1. The summed E-state index contributed by atoms with van der Waals surface area (Å²) in [6.45, 7) is 5.39. The van der Waals surface area contributed by atoms with E-state index in [1.807, 2.05) is 12.1 Å². The largest absolute Gasteiger partial charge is 0.457 e. The summed E-state index contributed by atoms with van der Waals surface area (Å²) in [6, 6.07) is 8.27. The van der Waals surface area contributed by atoms with Gasteiger partial charge in [0.1, 0.15) is 6.10 Å². The zero-order chi connectivity index (χ0) is 13.7. The van der Waals surface area contributed by atoms with Gasteiger partial charge in [-0.15, -0.1) is 0 Å². The van der Waals surface area contributed by atoms with Crippen LogP contribution in [0.3, 0.4) is 0 Å². The molecule has 0 spiro atoms. The van der Waals surface area contributed by atoms with Crippen molar-refractivity contribution in [1.29, 1.82) is 0 Å².